The van der Waals surface area contributed by atoms with E-state index in [2.05, 4.69) is 14.9 Å². The maximum atomic E-state index is 12.4. The van der Waals surface area contributed by atoms with Crippen LogP contribution in [0, 0.1) is 6.92 Å². The summed E-state index contributed by atoms with van der Waals surface area (Å²) in [6.45, 7) is 3.81. The van der Waals surface area contributed by atoms with Gasteiger partial charge in [0.2, 0.25) is 15.9 Å². The highest BCUT2D eigenvalue weighted by Crippen LogP contribution is 2.18. The second-order valence-electron chi connectivity index (χ2n) is 4.56. The van der Waals surface area contributed by atoms with E-state index < -0.39 is 10.0 Å². The molecule has 0 saturated carbocycles. The monoisotopic (exact) mass is 310 g/mol. The van der Waals surface area contributed by atoms with Crippen molar-refractivity contribution < 1.29 is 12.9 Å². The van der Waals surface area contributed by atoms with Crippen molar-refractivity contribution in [2.24, 2.45) is 5.73 Å². The van der Waals surface area contributed by atoms with Gasteiger partial charge in [0.25, 0.3) is 0 Å². The molecule has 21 heavy (non-hydrogen) atoms. The summed E-state index contributed by atoms with van der Waals surface area (Å²) in [7, 11) is -3.66. The Labute approximate surface area is 123 Å². The number of sulfonamides is 1. The second kappa shape index (κ2) is 6.33. The number of nitrogens with one attached hydrogen (secondary N) is 1. The first-order chi connectivity index (χ1) is 9.96. The van der Waals surface area contributed by atoms with Gasteiger partial charge in [-0.15, -0.1) is 0 Å². The first kappa shape index (κ1) is 15.6. The van der Waals surface area contributed by atoms with E-state index in [0.717, 1.165) is 11.1 Å². The number of benzene rings is 1. The van der Waals surface area contributed by atoms with Crippen LogP contribution >= 0.6 is 0 Å². The normalized spacial score (nSPS) is 11.8. The van der Waals surface area contributed by atoms with Gasteiger partial charge in [-0.2, -0.15) is 4.98 Å². The van der Waals surface area contributed by atoms with E-state index in [1.165, 1.54) is 0 Å². The lowest BCUT2D eigenvalue weighted by molar-refractivity contribution is 0.372. The maximum Gasteiger partial charge on any atom is 0.241 e. The topological polar surface area (TPSA) is 111 Å². The van der Waals surface area contributed by atoms with E-state index in [1.807, 2.05) is 13.0 Å². The summed E-state index contributed by atoms with van der Waals surface area (Å²) in [6, 6.07) is 5.22. The average molecular weight is 310 g/mol. The fourth-order valence-electron chi connectivity index (χ4n) is 1.91. The lowest BCUT2D eigenvalue weighted by Crippen LogP contribution is -2.24. The number of nitrogens with zero attached hydrogens (tertiary/aromatic N) is 2. The van der Waals surface area contributed by atoms with E-state index in [9.17, 15) is 8.42 Å². The third-order valence-corrected chi connectivity index (χ3v) is 4.50. The molecule has 1 aromatic carbocycles. The summed E-state index contributed by atoms with van der Waals surface area (Å²) < 4.78 is 32.2. The van der Waals surface area contributed by atoms with Crippen molar-refractivity contribution in [3.8, 4) is 0 Å². The molecular formula is C13H18N4O3S. The quantitative estimate of drug-likeness (QED) is 0.819. The molecule has 0 spiro atoms. The first-order valence-corrected chi connectivity index (χ1v) is 8.05. The fraction of sp³-hybridized carbons (Fsp3) is 0.385. The molecular weight excluding hydrogens is 292 g/mol. The summed E-state index contributed by atoms with van der Waals surface area (Å²) in [5, 5.41) is 3.61. The van der Waals surface area contributed by atoms with Crippen LogP contribution in [-0.4, -0.2) is 18.6 Å². The summed E-state index contributed by atoms with van der Waals surface area (Å²) in [5.41, 5.74) is 7.08. The van der Waals surface area contributed by atoms with Gasteiger partial charge in [0.1, 0.15) is 0 Å². The van der Waals surface area contributed by atoms with Crippen molar-refractivity contribution in [3.63, 3.8) is 0 Å². The van der Waals surface area contributed by atoms with Crippen LogP contribution in [0.3, 0.4) is 0 Å². The molecule has 8 heteroatoms. The Balaban J connectivity index is 2.26. The Morgan fingerprint density at radius 1 is 1.38 bits per heavy atom. The minimum absolute atomic E-state index is 0.0425. The van der Waals surface area contributed by atoms with E-state index in [0.29, 0.717) is 12.2 Å². The van der Waals surface area contributed by atoms with Gasteiger partial charge in [0.05, 0.1) is 11.4 Å². The van der Waals surface area contributed by atoms with Crippen LogP contribution in [0.25, 0.3) is 0 Å². The van der Waals surface area contributed by atoms with Crippen LogP contribution < -0.4 is 10.5 Å². The van der Waals surface area contributed by atoms with Crippen LogP contribution in [-0.2, 0) is 29.5 Å². The van der Waals surface area contributed by atoms with Gasteiger partial charge in [-0.05, 0) is 30.5 Å². The molecule has 0 radical (unpaired) electrons. The zero-order valence-electron chi connectivity index (χ0n) is 12.0. The predicted octanol–water partition coefficient (Wildman–Crippen LogP) is 0.878. The van der Waals surface area contributed by atoms with Gasteiger partial charge in [-0.1, -0.05) is 24.2 Å². The summed E-state index contributed by atoms with van der Waals surface area (Å²) in [6.07, 6.45) is 0.612. The number of aryl methyl sites for hydroxylation is 2. The molecule has 2 rings (SSSR count). The fourth-order valence-corrected chi connectivity index (χ4v) is 3.25. The molecule has 0 aliphatic heterocycles. The zero-order chi connectivity index (χ0) is 15.5. The summed E-state index contributed by atoms with van der Waals surface area (Å²) in [5.74, 6) is 0.688. The van der Waals surface area contributed by atoms with Gasteiger partial charge >= 0.3 is 0 Å². The Kier molecular flexibility index (Phi) is 4.71. The average Bonchev–Trinajstić information content (AvgIpc) is 2.90. The number of rotatable bonds is 6. The second-order valence-corrected chi connectivity index (χ2v) is 6.30. The van der Waals surface area contributed by atoms with Gasteiger partial charge in [0.15, 0.2) is 5.82 Å². The molecule has 1 aromatic heterocycles. The van der Waals surface area contributed by atoms with Gasteiger partial charge in [-0.3, -0.25) is 0 Å². The lowest BCUT2D eigenvalue weighted by atomic mass is 10.1. The molecule has 2 aromatic rings. The number of nitrogens with two attached hydrogens (primary N) is 1. The van der Waals surface area contributed by atoms with Crippen molar-refractivity contribution in [2.75, 3.05) is 0 Å². The number of hydrogen-bond acceptors (Lipinski definition) is 6. The lowest BCUT2D eigenvalue weighted by Gasteiger charge is -2.11. The molecule has 0 fully saturated rings. The molecule has 0 atom stereocenters. The Morgan fingerprint density at radius 3 is 2.71 bits per heavy atom. The van der Waals surface area contributed by atoms with E-state index in [1.54, 1.807) is 19.1 Å². The largest absolute Gasteiger partial charge is 0.338 e. The zero-order valence-corrected chi connectivity index (χ0v) is 12.8. The Hall–Kier alpha value is -1.77. The minimum atomic E-state index is -3.66. The molecule has 3 N–H and O–H groups in total. The summed E-state index contributed by atoms with van der Waals surface area (Å²) in [4.78, 5) is 4.20. The predicted molar refractivity (Wildman–Crippen MR) is 76.8 cm³/mol. The van der Waals surface area contributed by atoms with Crippen molar-refractivity contribution >= 4 is 10.0 Å². The van der Waals surface area contributed by atoms with Crippen molar-refractivity contribution in [3.05, 3.63) is 41.0 Å². The van der Waals surface area contributed by atoms with E-state index in [-0.39, 0.29) is 23.9 Å². The molecule has 0 aliphatic rings. The van der Waals surface area contributed by atoms with Crippen LogP contribution in [0.2, 0.25) is 0 Å². The number of aromatic nitrogens is 2. The number of hydrogen-bond donors (Lipinski definition) is 2. The highest BCUT2D eigenvalue weighted by atomic mass is 32.2. The van der Waals surface area contributed by atoms with Crippen molar-refractivity contribution in [2.45, 2.75) is 38.3 Å². The van der Waals surface area contributed by atoms with Crippen LogP contribution in [0.4, 0.5) is 0 Å². The van der Waals surface area contributed by atoms with Gasteiger partial charge < -0.3 is 10.3 Å². The minimum Gasteiger partial charge on any atom is -0.338 e. The standard InChI is InChI=1S/C13H18N4O3S/c1-3-11-5-4-10(7-14)6-12(11)21(18,19)15-8-13-16-9(2)17-20-13/h4-6,15H,3,7-8,14H2,1-2H3. The summed E-state index contributed by atoms with van der Waals surface area (Å²) >= 11 is 0. The maximum absolute atomic E-state index is 12.4. The van der Waals surface area contributed by atoms with Gasteiger partial charge in [-0.25, -0.2) is 13.1 Å². The molecule has 0 saturated heterocycles. The SMILES string of the molecule is CCc1ccc(CN)cc1S(=O)(=O)NCc1nc(C)no1. The third-order valence-electron chi connectivity index (χ3n) is 3.02. The molecule has 114 valence electrons. The highest BCUT2D eigenvalue weighted by molar-refractivity contribution is 7.89. The molecule has 0 aliphatic carbocycles. The van der Waals surface area contributed by atoms with Gasteiger partial charge in [0, 0.05) is 6.54 Å². The van der Waals surface area contributed by atoms with Crippen molar-refractivity contribution in [1.29, 1.82) is 0 Å². The smallest absolute Gasteiger partial charge is 0.241 e. The Bertz CT molecular complexity index is 725. The Morgan fingerprint density at radius 2 is 2.14 bits per heavy atom. The van der Waals surface area contributed by atoms with Crippen molar-refractivity contribution in [1.82, 2.24) is 14.9 Å². The molecule has 0 amide bonds. The molecule has 1 heterocycles. The highest BCUT2D eigenvalue weighted by Gasteiger charge is 2.19. The molecule has 0 bridgehead atoms. The molecule has 0 unspecified atom stereocenters. The first-order valence-electron chi connectivity index (χ1n) is 6.57. The van der Waals surface area contributed by atoms with Crippen LogP contribution in [0.15, 0.2) is 27.6 Å². The van der Waals surface area contributed by atoms with E-state index in [4.69, 9.17) is 10.3 Å². The van der Waals surface area contributed by atoms with Crippen LogP contribution in [0.5, 0.6) is 0 Å². The third kappa shape index (κ3) is 3.66. The molecule has 7 nitrogen and oxygen atoms in total. The van der Waals surface area contributed by atoms with Crippen LogP contribution in [0.1, 0.15) is 29.8 Å². The van der Waals surface area contributed by atoms with E-state index >= 15 is 0 Å².